The van der Waals surface area contributed by atoms with Gasteiger partial charge in [-0.2, -0.15) is 0 Å². The molecule has 0 saturated heterocycles. The van der Waals surface area contributed by atoms with E-state index < -0.39 is 10.0 Å². The number of nitrogens with zero attached hydrogens (tertiary/aromatic N) is 1. The molecule has 0 fully saturated rings. The summed E-state index contributed by atoms with van der Waals surface area (Å²) in [4.78, 5) is 13.7. The molecule has 1 amide bonds. The van der Waals surface area contributed by atoms with Crippen LogP contribution in [0.2, 0.25) is 10.0 Å². The summed E-state index contributed by atoms with van der Waals surface area (Å²) < 4.78 is 32.3. The van der Waals surface area contributed by atoms with Crippen LogP contribution < -0.4 is 14.4 Å². The first kappa shape index (κ1) is 25.9. The number of hydrogen-bond donors (Lipinski definition) is 1. The lowest BCUT2D eigenvalue weighted by Crippen LogP contribution is -2.37. The van der Waals surface area contributed by atoms with Crippen molar-refractivity contribution in [1.82, 2.24) is 0 Å². The molecule has 0 atom stereocenters. The minimum Gasteiger partial charge on any atom is -0.489 e. The van der Waals surface area contributed by atoms with Crippen molar-refractivity contribution in [3.05, 3.63) is 86.7 Å². The highest BCUT2D eigenvalue weighted by Gasteiger charge is 2.27. The van der Waals surface area contributed by atoms with Crippen molar-refractivity contribution in [2.75, 3.05) is 29.0 Å². The smallest absolute Gasteiger partial charge is 0.265 e. The number of nitrogens with one attached hydrogen (secondary N) is 1. The SMILES string of the molecule is CC(C)(c1ccc(Cl)cc1)c1cc(Cl)cc(NC(=O)c2cc3cc4c(cc3s2)OCCN4S(C)(=O)=O)c1. The van der Waals surface area contributed by atoms with Crippen LogP contribution in [-0.4, -0.2) is 33.7 Å². The van der Waals surface area contributed by atoms with Gasteiger partial charge in [0.1, 0.15) is 12.4 Å². The van der Waals surface area contributed by atoms with Gasteiger partial charge in [0.15, 0.2) is 0 Å². The van der Waals surface area contributed by atoms with Gasteiger partial charge in [-0.05, 0) is 59.0 Å². The van der Waals surface area contributed by atoms with Crippen molar-refractivity contribution >= 4 is 71.9 Å². The number of amides is 1. The number of fused-ring (bicyclic) bond motifs is 2. The highest BCUT2D eigenvalue weighted by atomic mass is 35.5. The van der Waals surface area contributed by atoms with E-state index in [1.165, 1.54) is 21.9 Å². The second-order valence-electron chi connectivity index (χ2n) is 9.47. The van der Waals surface area contributed by atoms with Gasteiger partial charge < -0.3 is 10.1 Å². The van der Waals surface area contributed by atoms with Crippen molar-refractivity contribution in [3.8, 4) is 5.75 Å². The number of thiophene rings is 1. The topological polar surface area (TPSA) is 75.7 Å². The Balaban J connectivity index is 1.44. The van der Waals surface area contributed by atoms with Gasteiger partial charge in [0.2, 0.25) is 10.0 Å². The third kappa shape index (κ3) is 5.16. The van der Waals surface area contributed by atoms with Crippen LogP contribution in [0.4, 0.5) is 11.4 Å². The molecule has 0 aliphatic carbocycles. The molecule has 1 aliphatic heterocycles. The van der Waals surface area contributed by atoms with E-state index in [-0.39, 0.29) is 24.5 Å². The molecule has 6 nitrogen and oxygen atoms in total. The number of sulfonamides is 1. The summed E-state index contributed by atoms with van der Waals surface area (Å²) in [6, 6.07) is 18.5. The molecule has 4 aromatic rings. The quantitative estimate of drug-likeness (QED) is 0.280. The zero-order valence-corrected chi connectivity index (χ0v) is 23.5. The molecular formula is C27H24Cl2N2O4S2. The molecule has 192 valence electrons. The molecule has 1 aliphatic rings. The maximum absolute atomic E-state index is 13.2. The first-order valence-electron chi connectivity index (χ1n) is 11.5. The normalized spacial score (nSPS) is 13.8. The third-order valence-electron chi connectivity index (χ3n) is 6.49. The Bertz CT molecular complexity index is 1630. The van der Waals surface area contributed by atoms with E-state index in [0.29, 0.717) is 32.0 Å². The minimum absolute atomic E-state index is 0.248. The lowest BCUT2D eigenvalue weighted by atomic mass is 9.78. The number of carbonyl (C=O) groups is 1. The Morgan fingerprint density at radius 2 is 1.73 bits per heavy atom. The largest absolute Gasteiger partial charge is 0.489 e. The monoisotopic (exact) mass is 574 g/mol. The molecule has 0 radical (unpaired) electrons. The fourth-order valence-corrected chi connectivity index (χ4v) is 6.67. The van der Waals surface area contributed by atoms with Crippen LogP contribution in [0.3, 0.4) is 0 Å². The number of halogens is 2. The predicted molar refractivity (Wildman–Crippen MR) is 152 cm³/mol. The van der Waals surface area contributed by atoms with E-state index in [4.69, 9.17) is 27.9 Å². The Hall–Kier alpha value is -2.78. The number of hydrogen-bond acceptors (Lipinski definition) is 5. The van der Waals surface area contributed by atoms with Gasteiger partial charge >= 0.3 is 0 Å². The molecule has 0 saturated carbocycles. The summed E-state index contributed by atoms with van der Waals surface area (Å²) in [5.74, 6) is 0.208. The summed E-state index contributed by atoms with van der Waals surface area (Å²) in [6.07, 6.45) is 1.17. The number of benzene rings is 3. The number of anilines is 2. The highest BCUT2D eigenvalue weighted by Crippen LogP contribution is 2.40. The van der Waals surface area contributed by atoms with Crippen molar-refractivity contribution in [2.24, 2.45) is 0 Å². The van der Waals surface area contributed by atoms with Crippen LogP contribution in [0.1, 0.15) is 34.6 Å². The van der Waals surface area contributed by atoms with Crippen LogP contribution in [-0.2, 0) is 15.4 Å². The summed E-state index contributed by atoms with van der Waals surface area (Å²) in [7, 11) is -3.44. The van der Waals surface area contributed by atoms with Crippen LogP contribution in [0.5, 0.6) is 5.75 Å². The average Bonchev–Trinajstić information content (AvgIpc) is 3.24. The standard InChI is InChI=1S/C27H24Cl2N2O4S2/c1-27(2,17-4-6-19(28)7-5-17)18-12-20(29)14-21(13-18)30-26(32)25-11-16-10-22-23(15-24(16)36-25)35-9-8-31(22)37(3,33)34/h4-7,10-15H,8-9H2,1-3H3,(H,30,32). The van der Waals surface area contributed by atoms with Crippen molar-refractivity contribution in [1.29, 1.82) is 0 Å². The summed E-state index contributed by atoms with van der Waals surface area (Å²) >= 11 is 13.8. The van der Waals surface area contributed by atoms with Crippen molar-refractivity contribution in [2.45, 2.75) is 19.3 Å². The molecule has 3 aromatic carbocycles. The molecule has 1 N–H and O–H groups in total. The van der Waals surface area contributed by atoms with E-state index >= 15 is 0 Å². The summed E-state index contributed by atoms with van der Waals surface area (Å²) in [5.41, 5.74) is 2.69. The number of ether oxygens (including phenoxy) is 1. The van der Waals surface area contributed by atoms with Crippen molar-refractivity contribution in [3.63, 3.8) is 0 Å². The molecule has 5 rings (SSSR count). The zero-order valence-electron chi connectivity index (χ0n) is 20.3. The first-order valence-corrected chi connectivity index (χ1v) is 14.9. The molecule has 10 heteroatoms. The van der Waals surface area contributed by atoms with E-state index in [0.717, 1.165) is 21.2 Å². The lowest BCUT2D eigenvalue weighted by molar-refractivity contribution is 0.103. The zero-order chi connectivity index (χ0) is 26.5. The van der Waals surface area contributed by atoms with E-state index in [1.54, 1.807) is 24.3 Å². The Morgan fingerprint density at radius 3 is 2.43 bits per heavy atom. The van der Waals surface area contributed by atoms with E-state index in [1.807, 2.05) is 36.4 Å². The second kappa shape index (κ2) is 9.51. The Morgan fingerprint density at radius 1 is 1.00 bits per heavy atom. The number of carbonyl (C=O) groups excluding carboxylic acids is 1. The molecule has 2 heterocycles. The number of rotatable bonds is 5. The molecule has 0 bridgehead atoms. The molecule has 37 heavy (non-hydrogen) atoms. The van der Waals surface area contributed by atoms with Gasteiger partial charge in [0.25, 0.3) is 5.91 Å². The fourth-order valence-electron chi connectivity index (χ4n) is 4.43. The second-order valence-corrected chi connectivity index (χ2v) is 13.3. The summed E-state index contributed by atoms with van der Waals surface area (Å²) in [6.45, 7) is 4.69. The Labute approximate surface area is 229 Å². The van der Waals surface area contributed by atoms with Crippen molar-refractivity contribution < 1.29 is 17.9 Å². The van der Waals surface area contributed by atoms with Crippen LogP contribution in [0.15, 0.2) is 60.7 Å². The van der Waals surface area contributed by atoms with E-state index in [9.17, 15) is 13.2 Å². The predicted octanol–water partition coefficient (Wildman–Crippen LogP) is 6.94. The fraction of sp³-hybridized carbons (Fsp3) is 0.222. The molecular weight excluding hydrogens is 551 g/mol. The maximum atomic E-state index is 13.2. The van der Waals surface area contributed by atoms with Gasteiger partial charge in [0, 0.05) is 31.9 Å². The lowest BCUT2D eigenvalue weighted by Gasteiger charge is -2.29. The van der Waals surface area contributed by atoms with Gasteiger partial charge in [-0.1, -0.05) is 49.2 Å². The average molecular weight is 576 g/mol. The van der Waals surface area contributed by atoms with Gasteiger partial charge in [-0.3, -0.25) is 9.10 Å². The van der Waals surface area contributed by atoms with Gasteiger partial charge in [-0.15, -0.1) is 11.3 Å². The van der Waals surface area contributed by atoms with Gasteiger partial charge in [0.05, 0.1) is 23.4 Å². The molecule has 1 aromatic heterocycles. The van der Waals surface area contributed by atoms with Gasteiger partial charge in [-0.25, -0.2) is 8.42 Å². The van der Waals surface area contributed by atoms with Crippen LogP contribution in [0.25, 0.3) is 10.1 Å². The minimum atomic E-state index is -3.44. The maximum Gasteiger partial charge on any atom is 0.265 e. The molecule has 0 unspecified atom stereocenters. The van der Waals surface area contributed by atoms with E-state index in [2.05, 4.69) is 19.2 Å². The summed E-state index contributed by atoms with van der Waals surface area (Å²) in [5, 5.41) is 4.91. The first-order chi connectivity index (χ1) is 17.4. The molecule has 0 spiro atoms. The van der Waals surface area contributed by atoms with Crippen LogP contribution >= 0.6 is 34.5 Å². The third-order valence-corrected chi connectivity index (χ3v) is 9.23. The Kier molecular flexibility index (Phi) is 6.64. The highest BCUT2D eigenvalue weighted by molar-refractivity contribution is 7.92. The van der Waals surface area contributed by atoms with Crippen LogP contribution in [0, 0.1) is 0 Å².